The van der Waals surface area contributed by atoms with Crippen molar-refractivity contribution in [2.24, 2.45) is 11.8 Å². The monoisotopic (exact) mass is 392 g/mol. The smallest absolute Gasteiger partial charge is 0.309 e. The van der Waals surface area contributed by atoms with Gasteiger partial charge < -0.3 is 9.47 Å². The van der Waals surface area contributed by atoms with Crippen molar-refractivity contribution in [3.8, 4) is 0 Å². The average molecular weight is 393 g/mol. The Labute approximate surface area is 169 Å². The number of benzene rings is 1. The third-order valence-corrected chi connectivity index (χ3v) is 5.00. The summed E-state index contributed by atoms with van der Waals surface area (Å²) >= 11 is 0. The van der Waals surface area contributed by atoms with Gasteiger partial charge in [0.1, 0.15) is 0 Å². The van der Waals surface area contributed by atoms with Gasteiger partial charge in [-0.3, -0.25) is 19.4 Å². The maximum Gasteiger partial charge on any atom is 0.309 e. The standard InChI is InChI=1S/C22H36N2O4/c1-7-23(13-17(3)21(25)27-5)15-19-9-11-20(12-10-19)16-24(8-2)14-18(4)22(26)28-6/h9-12,17-18H,7-8,13-16H2,1-6H3. The molecule has 6 heteroatoms. The summed E-state index contributed by atoms with van der Waals surface area (Å²) in [6.07, 6.45) is 0. The lowest BCUT2D eigenvalue weighted by Gasteiger charge is -2.24. The van der Waals surface area contributed by atoms with Gasteiger partial charge in [0.05, 0.1) is 26.1 Å². The molecular weight excluding hydrogens is 356 g/mol. The lowest BCUT2D eigenvalue weighted by atomic mass is 10.1. The lowest BCUT2D eigenvalue weighted by molar-refractivity contribution is -0.146. The average Bonchev–Trinajstić information content (AvgIpc) is 2.72. The Hall–Kier alpha value is -1.92. The van der Waals surface area contributed by atoms with Crippen molar-refractivity contribution in [3.05, 3.63) is 35.4 Å². The van der Waals surface area contributed by atoms with E-state index in [4.69, 9.17) is 9.47 Å². The van der Waals surface area contributed by atoms with Crippen molar-refractivity contribution >= 4 is 11.9 Å². The summed E-state index contributed by atoms with van der Waals surface area (Å²) in [7, 11) is 2.86. The van der Waals surface area contributed by atoms with E-state index in [0.29, 0.717) is 13.1 Å². The molecule has 1 aromatic rings. The van der Waals surface area contributed by atoms with Crippen LogP contribution in [0.4, 0.5) is 0 Å². The van der Waals surface area contributed by atoms with E-state index in [9.17, 15) is 9.59 Å². The number of ether oxygens (including phenoxy) is 2. The Morgan fingerprint density at radius 2 is 1.11 bits per heavy atom. The van der Waals surface area contributed by atoms with Crippen molar-refractivity contribution in [1.82, 2.24) is 9.80 Å². The van der Waals surface area contributed by atoms with Crippen molar-refractivity contribution < 1.29 is 19.1 Å². The first kappa shape index (κ1) is 24.1. The van der Waals surface area contributed by atoms with E-state index in [0.717, 1.165) is 26.2 Å². The van der Waals surface area contributed by atoms with Gasteiger partial charge in [0.15, 0.2) is 0 Å². The van der Waals surface area contributed by atoms with Crippen LogP contribution in [-0.2, 0) is 32.2 Å². The van der Waals surface area contributed by atoms with Gasteiger partial charge in [-0.1, -0.05) is 52.0 Å². The van der Waals surface area contributed by atoms with Gasteiger partial charge in [0.2, 0.25) is 0 Å². The summed E-state index contributed by atoms with van der Waals surface area (Å²) in [6.45, 7) is 12.7. The molecule has 0 saturated heterocycles. The third kappa shape index (κ3) is 7.98. The number of nitrogens with zero attached hydrogens (tertiary/aromatic N) is 2. The molecule has 1 aromatic carbocycles. The van der Waals surface area contributed by atoms with Crippen molar-refractivity contribution in [2.45, 2.75) is 40.8 Å². The Morgan fingerprint density at radius 3 is 1.36 bits per heavy atom. The molecule has 0 aliphatic heterocycles. The normalized spacial score (nSPS) is 13.4. The van der Waals surface area contributed by atoms with E-state index in [1.807, 2.05) is 13.8 Å². The van der Waals surface area contributed by atoms with E-state index in [2.05, 4.69) is 47.9 Å². The SMILES string of the molecule is CCN(Cc1ccc(CN(CC)CC(C)C(=O)OC)cc1)CC(C)C(=O)OC. The van der Waals surface area contributed by atoms with Gasteiger partial charge in [-0.25, -0.2) is 0 Å². The second kappa shape index (κ2) is 12.5. The van der Waals surface area contributed by atoms with E-state index in [1.165, 1.54) is 25.3 Å². The van der Waals surface area contributed by atoms with Gasteiger partial charge in [-0.05, 0) is 24.2 Å². The van der Waals surface area contributed by atoms with Gasteiger partial charge in [-0.15, -0.1) is 0 Å². The Balaban J connectivity index is 2.63. The zero-order valence-electron chi connectivity index (χ0n) is 18.2. The predicted octanol–water partition coefficient (Wildman–Crippen LogP) is 2.95. The van der Waals surface area contributed by atoms with Crippen LogP contribution in [0.3, 0.4) is 0 Å². The van der Waals surface area contributed by atoms with Gasteiger partial charge in [-0.2, -0.15) is 0 Å². The molecule has 28 heavy (non-hydrogen) atoms. The molecule has 0 fully saturated rings. The number of hydrogen-bond acceptors (Lipinski definition) is 6. The first-order valence-corrected chi connectivity index (χ1v) is 10.0. The molecule has 6 nitrogen and oxygen atoms in total. The molecule has 0 heterocycles. The third-order valence-electron chi connectivity index (χ3n) is 5.00. The predicted molar refractivity (Wildman–Crippen MR) is 111 cm³/mol. The van der Waals surface area contributed by atoms with E-state index >= 15 is 0 Å². The van der Waals surface area contributed by atoms with Crippen LogP contribution in [0.15, 0.2) is 24.3 Å². The number of hydrogen-bond donors (Lipinski definition) is 0. The second-order valence-corrected chi connectivity index (χ2v) is 7.32. The molecule has 0 N–H and O–H groups in total. The van der Waals surface area contributed by atoms with Crippen molar-refractivity contribution in [3.63, 3.8) is 0 Å². The molecule has 2 atom stereocenters. The molecule has 0 aliphatic carbocycles. The van der Waals surface area contributed by atoms with E-state index in [-0.39, 0.29) is 23.8 Å². The second-order valence-electron chi connectivity index (χ2n) is 7.32. The lowest BCUT2D eigenvalue weighted by Crippen LogP contribution is -2.32. The highest BCUT2D eigenvalue weighted by Gasteiger charge is 2.18. The zero-order valence-corrected chi connectivity index (χ0v) is 18.2. The van der Waals surface area contributed by atoms with E-state index < -0.39 is 0 Å². The number of rotatable bonds is 12. The summed E-state index contributed by atoms with van der Waals surface area (Å²) in [5, 5.41) is 0. The number of carbonyl (C=O) groups excluding carboxylic acids is 2. The highest BCUT2D eigenvalue weighted by Crippen LogP contribution is 2.13. The van der Waals surface area contributed by atoms with Crippen LogP contribution in [0.1, 0.15) is 38.8 Å². The fourth-order valence-electron chi connectivity index (χ4n) is 3.20. The Kier molecular flexibility index (Phi) is 10.8. The van der Waals surface area contributed by atoms with Crippen LogP contribution in [0, 0.1) is 11.8 Å². The maximum absolute atomic E-state index is 11.6. The van der Waals surface area contributed by atoms with Gasteiger partial charge >= 0.3 is 11.9 Å². The molecule has 2 unspecified atom stereocenters. The molecule has 0 amide bonds. The Morgan fingerprint density at radius 1 is 0.786 bits per heavy atom. The maximum atomic E-state index is 11.6. The Bertz CT molecular complexity index is 550. The molecule has 0 aliphatic rings. The first-order chi connectivity index (χ1) is 13.3. The largest absolute Gasteiger partial charge is 0.469 e. The molecule has 0 spiro atoms. The highest BCUT2D eigenvalue weighted by atomic mass is 16.5. The summed E-state index contributed by atoms with van der Waals surface area (Å²) in [5.74, 6) is -0.623. The fraction of sp³-hybridized carbons (Fsp3) is 0.636. The van der Waals surface area contributed by atoms with Crippen LogP contribution < -0.4 is 0 Å². The molecule has 0 radical (unpaired) electrons. The number of methoxy groups -OCH3 is 2. The van der Waals surface area contributed by atoms with Gasteiger partial charge in [0, 0.05) is 26.2 Å². The molecular formula is C22H36N2O4. The van der Waals surface area contributed by atoms with Crippen LogP contribution >= 0.6 is 0 Å². The molecule has 0 bridgehead atoms. The van der Waals surface area contributed by atoms with Gasteiger partial charge in [0.25, 0.3) is 0 Å². The summed E-state index contributed by atoms with van der Waals surface area (Å²) in [6, 6.07) is 8.55. The van der Waals surface area contributed by atoms with Crippen molar-refractivity contribution in [1.29, 1.82) is 0 Å². The number of esters is 2. The van der Waals surface area contributed by atoms with Crippen LogP contribution in [-0.4, -0.2) is 62.1 Å². The molecule has 0 saturated carbocycles. The zero-order chi connectivity index (χ0) is 21.1. The van der Waals surface area contributed by atoms with Crippen molar-refractivity contribution in [2.75, 3.05) is 40.4 Å². The quantitative estimate of drug-likeness (QED) is 0.510. The molecule has 0 aromatic heterocycles. The van der Waals surface area contributed by atoms with Crippen LogP contribution in [0.25, 0.3) is 0 Å². The van der Waals surface area contributed by atoms with Crippen LogP contribution in [0.2, 0.25) is 0 Å². The van der Waals surface area contributed by atoms with E-state index in [1.54, 1.807) is 0 Å². The molecule has 158 valence electrons. The minimum atomic E-state index is -0.172. The van der Waals surface area contributed by atoms with Crippen LogP contribution in [0.5, 0.6) is 0 Å². The summed E-state index contributed by atoms with van der Waals surface area (Å²) in [4.78, 5) is 27.8. The topological polar surface area (TPSA) is 59.1 Å². The minimum absolute atomic E-state index is 0.140. The summed E-state index contributed by atoms with van der Waals surface area (Å²) in [5.41, 5.74) is 2.43. The summed E-state index contributed by atoms with van der Waals surface area (Å²) < 4.78 is 9.64. The molecule has 1 rings (SSSR count). The fourth-order valence-corrected chi connectivity index (χ4v) is 3.20. The first-order valence-electron chi connectivity index (χ1n) is 10.0. The highest BCUT2D eigenvalue weighted by molar-refractivity contribution is 5.72. The number of carbonyl (C=O) groups is 2. The minimum Gasteiger partial charge on any atom is -0.469 e.